The van der Waals surface area contributed by atoms with E-state index in [9.17, 15) is 13.6 Å². The van der Waals surface area contributed by atoms with Crippen LogP contribution in [0.3, 0.4) is 0 Å². The van der Waals surface area contributed by atoms with Gasteiger partial charge in [-0.1, -0.05) is 24.3 Å². The lowest BCUT2D eigenvalue weighted by Crippen LogP contribution is -2.31. The van der Waals surface area contributed by atoms with Gasteiger partial charge in [0.25, 0.3) is 5.91 Å². The van der Waals surface area contributed by atoms with Crippen molar-refractivity contribution in [3.63, 3.8) is 0 Å². The number of para-hydroxylation sites is 1. The Bertz CT molecular complexity index is 614. The Hall–Kier alpha value is -2.43. The van der Waals surface area contributed by atoms with Crippen LogP contribution in [0.4, 0.5) is 8.78 Å². The van der Waals surface area contributed by atoms with Crippen LogP contribution in [0.25, 0.3) is 0 Å². The van der Waals surface area contributed by atoms with Crippen molar-refractivity contribution in [3.8, 4) is 5.75 Å². The average Bonchev–Trinajstić information content (AvgIpc) is 2.47. The highest BCUT2D eigenvalue weighted by Gasteiger charge is 2.11. The van der Waals surface area contributed by atoms with Crippen LogP contribution in [0.15, 0.2) is 48.5 Å². The van der Waals surface area contributed by atoms with Gasteiger partial charge in [-0.2, -0.15) is 0 Å². The van der Waals surface area contributed by atoms with Gasteiger partial charge in [0, 0.05) is 0 Å². The molecule has 1 amide bonds. The number of carbonyl (C=O) groups excluding carboxylic acids is 1. The third kappa shape index (κ3) is 4.27. The molecule has 0 fully saturated rings. The van der Waals surface area contributed by atoms with Gasteiger partial charge in [0.2, 0.25) is 0 Å². The average molecular weight is 291 g/mol. The van der Waals surface area contributed by atoms with Gasteiger partial charge in [-0.25, -0.2) is 8.78 Å². The normalized spacial score (nSPS) is 11.8. The van der Waals surface area contributed by atoms with Crippen molar-refractivity contribution in [2.75, 3.05) is 6.61 Å². The molecule has 0 unspecified atom stereocenters. The van der Waals surface area contributed by atoms with Crippen molar-refractivity contribution >= 4 is 5.91 Å². The molecule has 0 saturated heterocycles. The molecular weight excluding hydrogens is 276 g/mol. The van der Waals surface area contributed by atoms with Crippen LogP contribution >= 0.6 is 0 Å². The minimum atomic E-state index is -0.517. The molecule has 0 spiro atoms. The van der Waals surface area contributed by atoms with E-state index in [1.807, 2.05) is 0 Å². The van der Waals surface area contributed by atoms with Crippen molar-refractivity contribution in [1.29, 1.82) is 0 Å². The monoisotopic (exact) mass is 291 g/mol. The predicted molar refractivity (Wildman–Crippen MR) is 74.9 cm³/mol. The quantitative estimate of drug-likeness (QED) is 0.918. The van der Waals surface area contributed by atoms with Gasteiger partial charge in [0.1, 0.15) is 5.82 Å². The van der Waals surface area contributed by atoms with Crippen LogP contribution in [0.2, 0.25) is 0 Å². The molecule has 0 bridgehead atoms. The molecule has 0 radical (unpaired) electrons. The Kier molecular flexibility index (Phi) is 4.87. The van der Waals surface area contributed by atoms with E-state index in [1.165, 1.54) is 24.3 Å². The van der Waals surface area contributed by atoms with Crippen LogP contribution < -0.4 is 10.1 Å². The van der Waals surface area contributed by atoms with Gasteiger partial charge in [0.05, 0.1) is 6.04 Å². The summed E-state index contributed by atoms with van der Waals surface area (Å²) in [6.07, 6.45) is 0. The summed E-state index contributed by atoms with van der Waals surface area (Å²) in [6, 6.07) is 11.4. The molecule has 2 rings (SSSR count). The Labute approximate surface area is 121 Å². The number of amides is 1. The lowest BCUT2D eigenvalue weighted by molar-refractivity contribution is -0.123. The first-order valence-corrected chi connectivity index (χ1v) is 6.48. The van der Waals surface area contributed by atoms with Crippen LogP contribution in [-0.2, 0) is 4.79 Å². The first-order chi connectivity index (χ1) is 10.1. The molecule has 0 aliphatic heterocycles. The van der Waals surface area contributed by atoms with Crippen LogP contribution in [0, 0.1) is 11.6 Å². The number of rotatable bonds is 5. The van der Waals surface area contributed by atoms with E-state index in [2.05, 4.69) is 5.32 Å². The lowest BCUT2D eigenvalue weighted by atomic mass is 10.1. The summed E-state index contributed by atoms with van der Waals surface area (Å²) >= 11 is 0. The fourth-order valence-electron chi connectivity index (χ4n) is 1.82. The van der Waals surface area contributed by atoms with Crippen LogP contribution in [-0.4, -0.2) is 12.5 Å². The summed E-state index contributed by atoms with van der Waals surface area (Å²) in [5.74, 6) is -1.20. The molecule has 1 atom stereocenters. The number of halogens is 2. The van der Waals surface area contributed by atoms with E-state index in [0.717, 1.165) is 5.56 Å². The summed E-state index contributed by atoms with van der Waals surface area (Å²) in [5.41, 5.74) is 0.774. The minimum Gasteiger partial charge on any atom is -0.481 e. The molecule has 0 aliphatic rings. The smallest absolute Gasteiger partial charge is 0.258 e. The maximum Gasteiger partial charge on any atom is 0.258 e. The fraction of sp³-hybridized carbons (Fsp3) is 0.188. The van der Waals surface area contributed by atoms with E-state index in [1.54, 1.807) is 31.2 Å². The molecule has 3 nitrogen and oxygen atoms in total. The zero-order valence-corrected chi connectivity index (χ0v) is 11.5. The molecule has 0 aliphatic carbocycles. The number of hydrogen-bond donors (Lipinski definition) is 1. The molecule has 21 heavy (non-hydrogen) atoms. The van der Waals surface area contributed by atoms with Crippen molar-refractivity contribution in [2.45, 2.75) is 13.0 Å². The zero-order chi connectivity index (χ0) is 15.2. The van der Waals surface area contributed by atoms with Gasteiger partial charge in [-0.3, -0.25) is 4.79 Å². The first-order valence-electron chi connectivity index (χ1n) is 6.48. The van der Waals surface area contributed by atoms with Gasteiger partial charge in [-0.15, -0.1) is 0 Å². The SMILES string of the molecule is C[C@H](NC(=O)COc1ccccc1F)c1ccc(F)cc1. The number of hydrogen-bond acceptors (Lipinski definition) is 2. The van der Waals surface area contributed by atoms with Crippen LogP contribution in [0.5, 0.6) is 5.75 Å². The summed E-state index contributed by atoms with van der Waals surface area (Å²) in [4.78, 5) is 11.7. The second-order valence-corrected chi connectivity index (χ2v) is 4.56. The highest BCUT2D eigenvalue weighted by atomic mass is 19.1. The molecule has 2 aromatic carbocycles. The highest BCUT2D eigenvalue weighted by molar-refractivity contribution is 5.78. The van der Waals surface area contributed by atoms with E-state index in [-0.39, 0.29) is 30.1 Å². The molecule has 1 N–H and O–H groups in total. The van der Waals surface area contributed by atoms with Crippen molar-refractivity contribution in [3.05, 3.63) is 65.7 Å². The minimum absolute atomic E-state index is 0.0297. The number of nitrogens with one attached hydrogen (secondary N) is 1. The standard InChI is InChI=1S/C16H15F2NO2/c1-11(12-6-8-13(17)9-7-12)19-16(20)10-21-15-5-3-2-4-14(15)18/h2-9,11H,10H2,1H3,(H,19,20)/t11-/m0/s1. The fourth-order valence-corrected chi connectivity index (χ4v) is 1.82. The van der Waals surface area contributed by atoms with E-state index in [4.69, 9.17) is 4.74 Å². The summed E-state index contributed by atoms with van der Waals surface area (Å²) in [5, 5.41) is 2.70. The van der Waals surface area contributed by atoms with Gasteiger partial charge in [-0.05, 0) is 36.8 Å². The van der Waals surface area contributed by atoms with Gasteiger partial charge < -0.3 is 10.1 Å². The van der Waals surface area contributed by atoms with Crippen molar-refractivity contribution < 1.29 is 18.3 Å². The first kappa shape index (κ1) is 15.0. The highest BCUT2D eigenvalue weighted by Crippen LogP contribution is 2.16. The van der Waals surface area contributed by atoms with E-state index < -0.39 is 5.82 Å². The number of benzene rings is 2. The molecule has 0 aromatic heterocycles. The third-order valence-corrected chi connectivity index (χ3v) is 2.94. The Morgan fingerprint density at radius 1 is 1.14 bits per heavy atom. The van der Waals surface area contributed by atoms with Gasteiger partial charge >= 0.3 is 0 Å². The second-order valence-electron chi connectivity index (χ2n) is 4.56. The largest absolute Gasteiger partial charge is 0.481 e. The third-order valence-electron chi connectivity index (χ3n) is 2.94. The topological polar surface area (TPSA) is 38.3 Å². The zero-order valence-electron chi connectivity index (χ0n) is 11.5. The maximum atomic E-state index is 13.3. The Balaban J connectivity index is 1.87. The Morgan fingerprint density at radius 3 is 2.48 bits per heavy atom. The molecule has 5 heteroatoms. The predicted octanol–water partition coefficient (Wildman–Crippen LogP) is 3.22. The molecular formula is C16H15F2NO2. The number of ether oxygens (including phenoxy) is 1. The van der Waals surface area contributed by atoms with Gasteiger partial charge in [0.15, 0.2) is 18.2 Å². The van der Waals surface area contributed by atoms with E-state index in [0.29, 0.717) is 0 Å². The van der Waals surface area contributed by atoms with Crippen molar-refractivity contribution in [2.24, 2.45) is 0 Å². The molecule has 110 valence electrons. The second kappa shape index (κ2) is 6.83. The molecule has 0 saturated carbocycles. The summed E-state index contributed by atoms with van der Waals surface area (Å²) in [7, 11) is 0. The number of carbonyl (C=O) groups is 1. The molecule has 0 heterocycles. The Morgan fingerprint density at radius 2 is 1.81 bits per heavy atom. The lowest BCUT2D eigenvalue weighted by Gasteiger charge is -2.14. The van der Waals surface area contributed by atoms with Crippen molar-refractivity contribution in [1.82, 2.24) is 5.32 Å². The maximum absolute atomic E-state index is 13.3. The van der Waals surface area contributed by atoms with E-state index >= 15 is 0 Å². The summed E-state index contributed by atoms with van der Waals surface area (Å²) in [6.45, 7) is 1.49. The summed E-state index contributed by atoms with van der Waals surface area (Å²) < 4.78 is 31.2. The van der Waals surface area contributed by atoms with Crippen LogP contribution in [0.1, 0.15) is 18.5 Å². The molecule has 2 aromatic rings.